The van der Waals surface area contributed by atoms with Crippen molar-refractivity contribution < 1.29 is 13.6 Å². The number of amides is 1. The van der Waals surface area contributed by atoms with Crippen LogP contribution in [0.2, 0.25) is 0 Å². The van der Waals surface area contributed by atoms with Crippen LogP contribution in [0.3, 0.4) is 0 Å². The molecule has 1 atom stereocenters. The second-order valence-corrected chi connectivity index (χ2v) is 8.61. The summed E-state index contributed by atoms with van der Waals surface area (Å²) in [6.45, 7) is 2.97. The molecule has 3 heterocycles. The van der Waals surface area contributed by atoms with Crippen LogP contribution in [-0.2, 0) is 17.8 Å². The van der Waals surface area contributed by atoms with Gasteiger partial charge in [0.1, 0.15) is 23.3 Å². The second kappa shape index (κ2) is 7.90. The highest BCUT2D eigenvalue weighted by molar-refractivity contribution is 5.83. The van der Waals surface area contributed by atoms with E-state index in [-0.39, 0.29) is 17.8 Å². The molecule has 1 saturated heterocycles. The molecular weight excluding hydrogens is 369 g/mol. The molecule has 3 aliphatic rings. The first-order valence-corrected chi connectivity index (χ1v) is 11.0. The van der Waals surface area contributed by atoms with E-state index >= 15 is 0 Å². The summed E-state index contributed by atoms with van der Waals surface area (Å²) >= 11 is 0. The number of oxazole rings is 1. The van der Waals surface area contributed by atoms with Gasteiger partial charge in [-0.05, 0) is 56.5 Å². The maximum absolute atomic E-state index is 13.6. The molecule has 5 nitrogen and oxygen atoms in total. The van der Waals surface area contributed by atoms with Gasteiger partial charge in [0.15, 0.2) is 5.89 Å². The van der Waals surface area contributed by atoms with Gasteiger partial charge in [-0.3, -0.25) is 9.69 Å². The average Bonchev–Trinajstić information content (AvgIpc) is 3.11. The van der Waals surface area contributed by atoms with Gasteiger partial charge in [-0.15, -0.1) is 0 Å². The predicted octanol–water partition coefficient (Wildman–Crippen LogP) is 4.19. The number of piperidine rings is 1. The third kappa shape index (κ3) is 3.70. The van der Waals surface area contributed by atoms with E-state index in [9.17, 15) is 9.18 Å². The molecule has 1 saturated carbocycles. The Kier molecular flexibility index (Phi) is 5.12. The van der Waals surface area contributed by atoms with Crippen LogP contribution in [0.25, 0.3) is 0 Å². The van der Waals surface area contributed by atoms with E-state index in [4.69, 9.17) is 9.40 Å². The summed E-state index contributed by atoms with van der Waals surface area (Å²) in [5, 5.41) is 0. The lowest BCUT2D eigenvalue weighted by Gasteiger charge is -2.37. The minimum absolute atomic E-state index is 0.0948. The highest BCUT2D eigenvalue weighted by Crippen LogP contribution is 2.37. The maximum Gasteiger partial charge on any atom is 0.244 e. The Morgan fingerprint density at radius 2 is 1.83 bits per heavy atom. The fourth-order valence-corrected chi connectivity index (χ4v) is 4.74. The van der Waals surface area contributed by atoms with Crippen molar-refractivity contribution in [1.82, 2.24) is 14.8 Å². The van der Waals surface area contributed by atoms with E-state index in [0.717, 1.165) is 68.1 Å². The summed E-state index contributed by atoms with van der Waals surface area (Å²) in [7, 11) is 0. The van der Waals surface area contributed by atoms with E-state index < -0.39 is 0 Å². The Morgan fingerprint density at radius 3 is 2.52 bits per heavy atom. The molecule has 2 aliphatic heterocycles. The van der Waals surface area contributed by atoms with Crippen LogP contribution in [0.15, 0.2) is 28.7 Å². The number of halogens is 1. The molecule has 1 unspecified atom stereocenters. The number of hydrogen-bond acceptors (Lipinski definition) is 4. The Bertz CT molecular complexity index is 869. The van der Waals surface area contributed by atoms with Gasteiger partial charge in [-0.1, -0.05) is 25.0 Å². The number of fused-ring (bicyclic) bond motifs is 1. The first-order valence-electron chi connectivity index (χ1n) is 11.0. The molecule has 5 rings (SSSR count). The number of carbonyl (C=O) groups is 1. The van der Waals surface area contributed by atoms with Crippen molar-refractivity contribution in [2.24, 2.45) is 0 Å². The van der Waals surface area contributed by atoms with Crippen molar-refractivity contribution in [3.05, 3.63) is 53.0 Å². The molecule has 6 heteroatoms. The van der Waals surface area contributed by atoms with Crippen LogP contribution < -0.4 is 0 Å². The van der Waals surface area contributed by atoms with Crippen LogP contribution in [-0.4, -0.2) is 40.3 Å². The lowest BCUT2D eigenvalue weighted by molar-refractivity contribution is -0.138. The van der Waals surface area contributed by atoms with Gasteiger partial charge in [0.25, 0.3) is 0 Å². The third-order valence-corrected chi connectivity index (χ3v) is 6.69. The molecule has 0 spiro atoms. The normalized spacial score (nSPS) is 21.5. The topological polar surface area (TPSA) is 49.6 Å². The molecule has 0 radical (unpaired) electrons. The van der Waals surface area contributed by atoms with E-state index in [1.807, 2.05) is 4.90 Å². The van der Waals surface area contributed by atoms with Crippen LogP contribution in [0.5, 0.6) is 0 Å². The smallest absolute Gasteiger partial charge is 0.244 e. The largest absolute Gasteiger partial charge is 0.445 e. The Labute approximate surface area is 170 Å². The fraction of sp³-hybridized carbons (Fsp3) is 0.565. The monoisotopic (exact) mass is 397 g/mol. The lowest BCUT2D eigenvalue weighted by Crippen LogP contribution is -2.46. The van der Waals surface area contributed by atoms with E-state index in [1.54, 1.807) is 12.1 Å². The number of aromatic nitrogens is 1. The predicted molar refractivity (Wildman–Crippen MR) is 107 cm³/mol. The van der Waals surface area contributed by atoms with Crippen molar-refractivity contribution in [3.8, 4) is 0 Å². The minimum Gasteiger partial charge on any atom is -0.445 e. The summed E-state index contributed by atoms with van der Waals surface area (Å²) < 4.78 is 19.5. The van der Waals surface area contributed by atoms with Gasteiger partial charge in [0.2, 0.25) is 5.91 Å². The Morgan fingerprint density at radius 1 is 1.07 bits per heavy atom. The average molecular weight is 397 g/mol. The molecule has 1 aromatic carbocycles. The SMILES string of the molecule is O=C(C(c1ccc(F)cc1)N1CCCCC1)N1CCc2oc(C3CCC3)nc2C1. The van der Waals surface area contributed by atoms with Gasteiger partial charge in [0.05, 0.1) is 6.54 Å². The zero-order valence-corrected chi connectivity index (χ0v) is 16.8. The Hall–Kier alpha value is -2.21. The molecule has 1 amide bonds. The fourth-order valence-electron chi connectivity index (χ4n) is 4.74. The second-order valence-electron chi connectivity index (χ2n) is 8.61. The number of rotatable bonds is 4. The van der Waals surface area contributed by atoms with E-state index in [1.165, 1.54) is 25.0 Å². The quantitative estimate of drug-likeness (QED) is 0.776. The molecular formula is C23H28FN3O2. The summed E-state index contributed by atoms with van der Waals surface area (Å²) in [6.07, 6.45) is 7.69. The van der Waals surface area contributed by atoms with Crippen LogP contribution in [0.1, 0.15) is 73.4 Å². The molecule has 2 aromatic rings. The highest BCUT2D eigenvalue weighted by Gasteiger charge is 2.35. The van der Waals surface area contributed by atoms with Crippen molar-refractivity contribution in [2.45, 2.75) is 63.5 Å². The van der Waals surface area contributed by atoms with Crippen LogP contribution in [0.4, 0.5) is 4.39 Å². The minimum atomic E-state index is -0.351. The number of hydrogen-bond donors (Lipinski definition) is 0. The molecule has 1 aromatic heterocycles. The van der Waals surface area contributed by atoms with Crippen LogP contribution >= 0.6 is 0 Å². The van der Waals surface area contributed by atoms with Crippen molar-refractivity contribution >= 4 is 5.91 Å². The molecule has 0 N–H and O–H groups in total. The molecule has 0 bridgehead atoms. The van der Waals surface area contributed by atoms with Crippen molar-refractivity contribution in [3.63, 3.8) is 0 Å². The number of nitrogens with zero attached hydrogens (tertiary/aromatic N) is 3. The standard InChI is InChI=1S/C23H28FN3O2/c24-18-9-7-16(8-10-18)21(26-12-2-1-3-13-26)23(28)27-14-11-20-19(15-27)25-22(29-20)17-5-4-6-17/h7-10,17,21H,1-6,11-15H2. The highest BCUT2D eigenvalue weighted by atomic mass is 19.1. The van der Waals surface area contributed by atoms with Gasteiger partial charge < -0.3 is 9.32 Å². The summed E-state index contributed by atoms with van der Waals surface area (Å²) in [5.41, 5.74) is 1.79. The third-order valence-electron chi connectivity index (χ3n) is 6.69. The van der Waals surface area contributed by atoms with Crippen molar-refractivity contribution in [2.75, 3.05) is 19.6 Å². The van der Waals surface area contributed by atoms with Gasteiger partial charge in [-0.25, -0.2) is 9.37 Å². The maximum atomic E-state index is 13.6. The Balaban J connectivity index is 1.38. The number of likely N-dealkylation sites (tertiary alicyclic amines) is 1. The van der Waals surface area contributed by atoms with Gasteiger partial charge >= 0.3 is 0 Å². The summed E-state index contributed by atoms with van der Waals surface area (Å²) in [4.78, 5) is 22.5. The number of benzene rings is 1. The van der Waals surface area contributed by atoms with E-state index in [2.05, 4.69) is 4.90 Å². The lowest BCUT2D eigenvalue weighted by atomic mass is 9.85. The first kappa shape index (κ1) is 18.8. The summed E-state index contributed by atoms with van der Waals surface area (Å²) in [6, 6.07) is 6.07. The molecule has 29 heavy (non-hydrogen) atoms. The van der Waals surface area contributed by atoms with Gasteiger partial charge in [0, 0.05) is 18.9 Å². The van der Waals surface area contributed by atoms with Gasteiger partial charge in [-0.2, -0.15) is 0 Å². The molecule has 154 valence electrons. The van der Waals surface area contributed by atoms with E-state index in [0.29, 0.717) is 19.0 Å². The summed E-state index contributed by atoms with van der Waals surface area (Å²) in [5.74, 6) is 2.10. The molecule has 1 aliphatic carbocycles. The van der Waals surface area contributed by atoms with Crippen LogP contribution in [0, 0.1) is 5.82 Å². The number of carbonyl (C=O) groups excluding carboxylic acids is 1. The van der Waals surface area contributed by atoms with Crippen molar-refractivity contribution in [1.29, 1.82) is 0 Å². The zero-order chi connectivity index (χ0) is 19.8. The first-order chi connectivity index (χ1) is 14.2. The molecule has 2 fully saturated rings. The zero-order valence-electron chi connectivity index (χ0n) is 16.8.